The number of rotatable bonds is 4. The molecule has 0 spiro atoms. The van der Waals surface area contributed by atoms with E-state index >= 15 is 0 Å². The number of carbonyl (C=O) groups excluding carboxylic acids is 1. The Hall–Kier alpha value is -2.60. The summed E-state index contributed by atoms with van der Waals surface area (Å²) in [4.78, 5) is 11.1. The van der Waals surface area contributed by atoms with Gasteiger partial charge in [-0.1, -0.05) is 48.2 Å². The van der Waals surface area contributed by atoms with Crippen LogP contribution in [-0.2, 0) is 11.2 Å². The molecule has 2 aromatic rings. The third-order valence-corrected chi connectivity index (χ3v) is 4.14. The zero-order valence-electron chi connectivity index (χ0n) is 12.3. The number of thioether (sulfide) groups is 1. The Bertz CT molecular complexity index is 773. The lowest BCUT2D eigenvalue weighted by molar-refractivity contribution is -0.116. The number of aromatic hydroxyl groups is 1. The molecule has 0 unspecified atom stereocenters. The molecule has 3 rings (SSSR count). The van der Waals surface area contributed by atoms with E-state index in [-0.39, 0.29) is 11.7 Å². The van der Waals surface area contributed by atoms with Gasteiger partial charge < -0.3 is 10.4 Å². The van der Waals surface area contributed by atoms with E-state index in [4.69, 9.17) is 0 Å². The first-order valence-electron chi connectivity index (χ1n) is 7.10. The minimum absolute atomic E-state index is 0.0725. The van der Waals surface area contributed by atoms with Crippen LogP contribution in [0.1, 0.15) is 16.7 Å². The highest BCUT2D eigenvalue weighted by Crippen LogP contribution is 2.19. The number of amidine groups is 1. The van der Waals surface area contributed by atoms with E-state index in [0.29, 0.717) is 16.5 Å². The molecule has 1 heterocycles. The van der Waals surface area contributed by atoms with Crippen molar-refractivity contribution in [3.8, 4) is 5.75 Å². The van der Waals surface area contributed by atoms with E-state index < -0.39 is 0 Å². The van der Waals surface area contributed by atoms with E-state index in [0.717, 1.165) is 12.0 Å². The molecule has 0 radical (unpaired) electrons. The van der Waals surface area contributed by atoms with Gasteiger partial charge >= 0.3 is 0 Å². The van der Waals surface area contributed by atoms with Crippen LogP contribution in [0.25, 0.3) is 0 Å². The van der Waals surface area contributed by atoms with Crippen molar-refractivity contribution in [2.75, 3.05) is 5.75 Å². The van der Waals surface area contributed by atoms with Crippen LogP contribution in [-0.4, -0.2) is 28.1 Å². The first kappa shape index (κ1) is 15.3. The number of benzene rings is 2. The maximum atomic E-state index is 11.1. The number of carbonyl (C=O) groups is 1. The van der Waals surface area contributed by atoms with Gasteiger partial charge in [0.05, 0.1) is 12.0 Å². The van der Waals surface area contributed by atoms with Gasteiger partial charge in [0.15, 0.2) is 5.17 Å². The molecule has 116 valence electrons. The van der Waals surface area contributed by atoms with Gasteiger partial charge in [-0.15, -0.1) is 5.10 Å². The summed E-state index contributed by atoms with van der Waals surface area (Å²) in [5, 5.41) is 20.9. The summed E-state index contributed by atoms with van der Waals surface area (Å²) in [6.07, 6.45) is 2.27. The van der Waals surface area contributed by atoms with Crippen molar-refractivity contribution in [2.24, 2.45) is 10.2 Å². The van der Waals surface area contributed by atoms with Gasteiger partial charge in [-0.25, -0.2) is 0 Å². The van der Waals surface area contributed by atoms with E-state index in [1.54, 1.807) is 6.07 Å². The normalized spacial score (nSPS) is 16.2. The molecular formula is C17H15N3O2S. The van der Waals surface area contributed by atoms with Gasteiger partial charge in [0.1, 0.15) is 5.75 Å². The quantitative estimate of drug-likeness (QED) is 0.670. The maximum absolute atomic E-state index is 11.1. The lowest BCUT2D eigenvalue weighted by atomic mass is 10.0. The third kappa shape index (κ3) is 4.20. The Kier molecular flexibility index (Phi) is 4.73. The smallest absolute Gasteiger partial charge is 0.236 e. The van der Waals surface area contributed by atoms with E-state index in [9.17, 15) is 9.90 Å². The minimum Gasteiger partial charge on any atom is -0.507 e. The molecule has 0 bridgehead atoms. The summed E-state index contributed by atoms with van der Waals surface area (Å²) in [5.74, 6) is 0.442. The first-order valence-corrected chi connectivity index (χ1v) is 8.09. The van der Waals surface area contributed by atoms with E-state index in [1.165, 1.54) is 23.5 Å². The van der Waals surface area contributed by atoms with Gasteiger partial charge in [-0.3, -0.25) is 4.79 Å². The fraction of sp³-hybridized carbons (Fsp3) is 0.118. The van der Waals surface area contributed by atoms with Crippen LogP contribution in [0.3, 0.4) is 0 Å². The summed E-state index contributed by atoms with van der Waals surface area (Å²) in [6.45, 7) is 0. The third-order valence-electron chi connectivity index (χ3n) is 3.27. The average Bonchev–Trinajstić information content (AvgIpc) is 2.97. The summed E-state index contributed by atoms with van der Waals surface area (Å²) >= 11 is 1.31. The highest BCUT2D eigenvalue weighted by Gasteiger charge is 2.15. The van der Waals surface area contributed by atoms with E-state index in [1.807, 2.05) is 30.3 Å². The molecule has 0 aliphatic carbocycles. The van der Waals surface area contributed by atoms with Crippen molar-refractivity contribution in [1.82, 2.24) is 5.32 Å². The van der Waals surface area contributed by atoms with Crippen molar-refractivity contribution in [1.29, 1.82) is 0 Å². The highest BCUT2D eigenvalue weighted by atomic mass is 32.2. The molecule has 5 nitrogen and oxygen atoms in total. The zero-order chi connectivity index (χ0) is 16.1. The second kappa shape index (κ2) is 7.11. The van der Waals surface area contributed by atoms with Crippen LogP contribution in [0.5, 0.6) is 5.75 Å². The lowest BCUT2D eigenvalue weighted by Gasteiger charge is -2.04. The Morgan fingerprint density at radius 2 is 2.00 bits per heavy atom. The lowest BCUT2D eigenvalue weighted by Crippen LogP contribution is -2.19. The van der Waals surface area contributed by atoms with Gasteiger partial charge in [0, 0.05) is 5.56 Å². The molecule has 2 aromatic carbocycles. The minimum atomic E-state index is -0.0725. The molecule has 1 aliphatic heterocycles. The number of amides is 1. The zero-order valence-corrected chi connectivity index (χ0v) is 13.1. The first-order chi connectivity index (χ1) is 11.2. The van der Waals surface area contributed by atoms with E-state index in [2.05, 4.69) is 27.7 Å². The fourth-order valence-electron chi connectivity index (χ4n) is 2.17. The van der Waals surface area contributed by atoms with Gasteiger partial charge in [-0.2, -0.15) is 5.10 Å². The Morgan fingerprint density at radius 1 is 1.17 bits per heavy atom. The van der Waals surface area contributed by atoms with Crippen LogP contribution in [0.2, 0.25) is 0 Å². The highest BCUT2D eigenvalue weighted by molar-refractivity contribution is 8.15. The second-order valence-electron chi connectivity index (χ2n) is 5.04. The van der Waals surface area contributed by atoms with Gasteiger partial charge in [-0.05, 0) is 29.7 Å². The number of hydrogen-bond donors (Lipinski definition) is 2. The van der Waals surface area contributed by atoms with Crippen LogP contribution in [0.4, 0.5) is 0 Å². The summed E-state index contributed by atoms with van der Waals surface area (Å²) in [6, 6.07) is 15.5. The molecular weight excluding hydrogens is 310 g/mol. The average molecular weight is 325 g/mol. The molecule has 1 amide bonds. The monoisotopic (exact) mass is 325 g/mol. The van der Waals surface area contributed by atoms with Crippen LogP contribution in [0.15, 0.2) is 58.7 Å². The molecule has 23 heavy (non-hydrogen) atoms. The molecule has 0 aromatic heterocycles. The van der Waals surface area contributed by atoms with Crippen molar-refractivity contribution >= 4 is 29.1 Å². The number of phenols is 1. The predicted octanol–water partition coefficient (Wildman–Crippen LogP) is 2.54. The molecule has 1 aliphatic rings. The number of nitrogens with zero attached hydrogens (tertiary/aromatic N) is 2. The summed E-state index contributed by atoms with van der Waals surface area (Å²) in [7, 11) is 0. The summed E-state index contributed by atoms with van der Waals surface area (Å²) < 4.78 is 0. The largest absolute Gasteiger partial charge is 0.507 e. The Morgan fingerprint density at radius 3 is 2.74 bits per heavy atom. The molecule has 6 heteroatoms. The fourth-order valence-corrected chi connectivity index (χ4v) is 2.80. The molecule has 0 atom stereocenters. The van der Waals surface area contributed by atoms with Crippen LogP contribution in [0, 0.1) is 0 Å². The summed E-state index contributed by atoms with van der Waals surface area (Å²) in [5.41, 5.74) is 2.87. The van der Waals surface area contributed by atoms with Crippen LogP contribution >= 0.6 is 11.8 Å². The maximum Gasteiger partial charge on any atom is 0.236 e. The SMILES string of the molecule is O=C1CSC(=NN=Cc2cc(Cc3ccccc3)ccc2O)N1. The van der Waals surface area contributed by atoms with Crippen molar-refractivity contribution in [3.63, 3.8) is 0 Å². The number of phenolic OH excluding ortho intramolecular Hbond substituents is 1. The molecule has 2 N–H and O–H groups in total. The van der Waals surface area contributed by atoms with Crippen molar-refractivity contribution in [3.05, 3.63) is 65.2 Å². The molecule has 1 fully saturated rings. The Labute approximate surface area is 138 Å². The van der Waals surface area contributed by atoms with Crippen molar-refractivity contribution < 1.29 is 9.90 Å². The second-order valence-corrected chi connectivity index (χ2v) is 6.01. The standard InChI is InChI=1S/C17H15N3O2S/c21-15-7-6-13(8-12-4-2-1-3-5-12)9-14(15)10-18-20-17-19-16(22)11-23-17/h1-7,9-10,21H,8,11H2,(H,19,20,22). The number of hydrogen-bond acceptors (Lipinski definition) is 5. The number of nitrogens with one attached hydrogen (secondary N) is 1. The topological polar surface area (TPSA) is 74.0 Å². The van der Waals surface area contributed by atoms with Gasteiger partial charge in [0.2, 0.25) is 5.91 Å². The predicted molar refractivity (Wildman–Crippen MR) is 93.0 cm³/mol. The van der Waals surface area contributed by atoms with Crippen molar-refractivity contribution in [2.45, 2.75) is 6.42 Å². The molecule has 1 saturated heterocycles. The van der Waals surface area contributed by atoms with Crippen LogP contribution < -0.4 is 5.32 Å². The molecule has 0 saturated carbocycles. The van der Waals surface area contributed by atoms with Gasteiger partial charge in [0.25, 0.3) is 0 Å². The Balaban J connectivity index is 1.74.